The molecule has 1 saturated heterocycles. The van der Waals surface area contributed by atoms with Gasteiger partial charge < -0.3 is 13.9 Å². The quantitative estimate of drug-likeness (QED) is 0.844. The van der Waals surface area contributed by atoms with E-state index in [1.165, 1.54) is 18.2 Å². The smallest absolute Gasteiger partial charge is 0.265 e. The van der Waals surface area contributed by atoms with Gasteiger partial charge in [-0.25, -0.2) is 12.8 Å². The average molecular weight is 369 g/mol. The summed E-state index contributed by atoms with van der Waals surface area (Å²) in [6.45, 7) is 4.19. The number of aryl methyl sites for hydroxylation is 2. The summed E-state index contributed by atoms with van der Waals surface area (Å²) < 4.78 is 57.6. The van der Waals surface area contributed by atoms with E-state index in [-0.39, 0.29) is 34.8 Å². The number of sulfonamides is 1. The summed E-state index contributed by atoms with van der Waals surface area (Å²) in [7, 11) is -3.92. The lowest BCUT2D eigenvalue weighted by atomic mass is 10.2. The van der Waals surface area contributed by atoms with Gasteiger partial charge in [0.25, 0.3) is 10.0 Å². The minimum atomic E-state index is -3.92. The Morgan fingerprint density at radius 1 is 1.32 bits per heavy atom. The summed E-state index contributed by atoms with van der Waals surface area (Å²) in [5, 5.41) is 0. The molecule has 0 bridgehead atoms. The highest BCUT2D eigenvalue weighted by molar-refractivity contribution is 7.92. The van der Waals surface area contributed by atoms with Crippen LogP contribution >= 0.6 is 0 Å². The fourth-order valence-corrected chi connectivity index (χ4v) is 4.04. The zero-order chi connectivity index (χ0) is 18.0. The van der Waals surface area contributed by atoms with Crippen LogP contribution in [-0.4, -0.2) is 27.7 Å². The molecule has 1 unspecified atom stereocenters. The fraction of sp³-hybridized carbons (Fsp3) is 0.412. The number of anilines is 1. The van der Waals surface area contributed by atoms with Gasteiger partial charge >= 0.3 is 0 Å². The van der Waals surface area contributed by atoms with Crippen LogP contribution in [0.5, 0.6) is 5.75 Å². The van der Waals surface area contributed by atoms with Crippen LogP contribution in [0.4, 0.5) is 10.1 Å². The molecule has 1 aromatic heterocycles. The molecular formula is C17H20FNO5S. The van der Waals surface area contributed by atoms with Gasteiger partial charge in [0.05, 0.1) is 11.8 Å². The molecule has 136 valence electrons. The van der Waals surface area contributed by atoms with Crippen LogP contribution in [0.25, 0.3) is 0 Å². The maximum atomic E-state index is 13.6. The monoisotopic (exact) mass is 369 g/mol. The van der Waals surface area contributed by atoms with Gasteiger partial charge in [-0.05, 0) is 38.8 Å². The van der Waals surface area contributed by atoms with E-state index < -0.39 is 15.8 Å². The Morgan fingerprint density at radius 3 is 2.76 bits per heavy atom. The normalized spacial score (nSPS) is 17.6. The molecule has 0 aliphatic carbocycles. The van der Waals surface area contributed by atoms with Gasteiger partial charge in [-0.3, -0.25) is 4.72 Å². The predicted octanol–water partition coefficient (Wildman–Crippen LogP) is 3.39. The van der Waals surface area contributed by atoms with Crippen LogP contribution in [0.3, 0.4) is 0 Å². The average Bonchev–Trinajstić information content (AvgIpc) is 3.15. The van der Waals surface area contributed by atoms with E-state index in [0.29, 0.717) is 12.4 Å². The van der Waals surface area contributed by atoms with Gasteiger partial charge in [0.2, 0.25) is 0 Å². The molecule has 2 aromatic rings. The van der Waals surface area contributed by atoms with Crippen LogP contribution in [0.2, 0.25) is 0 Å². The number of nitrogens with one attached hydrogen (secondary N) is 1. The van der Waals surface area contributed by atoms with E-state index in [4.69, 9.17) is 13.9 Å². The minimum Gasteiger partial charge on any atom is -0.489 e. The summed E-state index contributed by atoms with van der Waals surface area (Å²) in [5.41, 5.74) is 0.0382. The highest BCUT2D eigenvalue weighted by atomic mass is 32.2. The molecule has 1 fully saturated rings. The van der Waals surface area contributed by atoms with Crippen molar-refractivity contribution in [1.82, 2.24) is 0 Å². The summed E-state index contributed by atoms with van der Waals surface area (Å²) in [6.07, 6.45) is 1.82. The Hall–Kier alpha value is -2.06. The highest BCUT2D eigenvalue weighted by Gasteiger charge is 2.23. The molecule has 25 heavy (non-hydrogen) atoms. The van der Waals surface area contributed by atoms with Crippen molar-refractivity contribution in [3.63, 3.8) is 0 Å². The number of ether oxygens (including phenoxy) is 2. The number of benzene rings is 1. The third kappa shape index (κ3) is 4.13. The standard InChI is InChI=1S/C17H20FNO5S/c1-11-8-17(12(2)24-11)25(20,21)19-15-9-13(18)5-6-16(15)23-10-14-4-3-7-22-14/h5-6,8-9,14,19H,3-4,7,10H2,1-2H3. The Kier molecular flexibility index (Phi) is 5.01. The highest BCUT2D eigenvalue weighted by Crippen LogP contribution is 2.30. The molecule has 1 N–H and O–H groups in total. The molecule has 0 saturated carbocycles. The zero-order valence-corrected chi connectivity index (χ0v) is 14.9. The molecular weight excluding hydrogens is 349 g/mol. The topological polar surface area (TPSA) is 77.8 Å². The van der Waals surface area contributed by atoms with Crippen molar-refractivity contribution in [1.29, 1.82) is 0 Å². The van der Waals surface area contributed by atoms with Crippen molar-refractivity contribution >= 4 is 15.7 Å². The summed E-state index contributed by atoms with van der Waals surface area (Å²) in [4.78, 5) is 0.0133. The molecule has 2 heterocycles. The second-order valence-electron chi connectivity index (χ2n) is 5.97. The maximum absolute atomic E-state index is 13.6. The minimum absolute atomic E-state index is 0.0133. The zero-order valence-electron chi connectivity index (χ0n) is 14.0. The number of hydrogen-bond donors (Lipinski definition) is 1. The van der Waals surface area contributed by atoms with Crippen LogP contribution in [0.15, 0.2) is 33.6 Å². The second-order valence-corrected chi connectivity index (χ2v) is 7.62. The predicted molar refractivity (Wildman–Crippen MR) is 89.9 cm³/mol. The molecule has 0 radical (unpaired) electrons. The van der Waals surface area contributed by atoms with Crippen molar-refractivity contribution in [3.05, 3.63) is 41.6 Å². The lowest BCUT2D eigenvalue weighted by Gasteiger charge is -2.16. The van der Waals surface area contributed by atoms with Gasteiger partial charge in [-0.1, -0.05) is 0 Å². The van der Waals surface area contributed by atoms with Crippen LogP contribution in [0, 0.1) is 19.7 Å². The number of halogens is 1. The van der Waals surface area contributed by atoms with Crippen molar-refractivity contribution in [2.24, 2.45) is 0 Å². The van der Waals surface area contributed by atoms with E-state index in [9.17, 15) is 12.8 Å². The Bertz CT molecular complexity index is 856. The van der Waals surface area contributed by atoms with Gasteiger partial charge in [0, 0.05) is 18.7 Å². The Morgan fingerprint density at radius 2 is 2.12 bits per heavy atom. The van der Waals surface area contributed by atoms with Crippen molar-refractivity contribution < 1.29 is 26.7 Å². The fourth-order valence-electron chi connectivity index (χ4n) is 2.74. The molecule has 8 heteroatoms. The number of furan rings is 1. The molecule has 3 rings (SSSR count). The van der Waals surface area contributed by atoms with Gasteiger partial charge in [0.15, 0.2) is 0 Å². The summed E-state index contributed by atoms with van der Waals surface area (Å²) in [6, 6.07) is 5.13. The van der Waals surface area contributed by atoms with Crippen LogP contribution in [-0.2, 0) is 14.8 Å². The molecule has 1 aliphatic heterocycles. The largest absolute Gasteiger partial charge is 0.489 e. The molecule has 6 nitrogen and oxygen atoms in total. The summed E-state index contributed by atoms with van der Waals surface area (Å²) >= 11 is 0. The molecule has 0 amide bonds. The van der Waals surface area contributed by atoms with Crippen molar-refractivity contribution in [2.75, 3.05) is 17.9 Å². The number of rotatable bonds is 6. The molecule has 0 spiro atoms. The summed E-state index contributed by atoms with van der Waals surface area (Å²) in [5.74, 6) is 0.427. The SMILES string of the molecule is Cc1cc(S(=O)(=O)Nc2cc(F)ccc2OCC2CCCO2)c(C)o1. The lowest BCUT2D eigenvalue weighted by molar-refractivity contribution is 0.0682. The second kappa shape index (κ2) is 7.05. The third-order valence-corrected chi connectivity index (χ3v) is 5.39. The molecule has 1 aromatic carbocycles. The Balaban J connectivity index is 1.83. The van der Waals surface area contributed by atoms with Crippen molar-refractivity contribution in [3.8, 4) is 5.75 Å². The Labute approximate surface area is 146 Å². The maximum Gasteiger partial charge on any atom is 0.265 e. The van der Waals surface area contributed by atoms with Gasteiger partial charge in [-0.2, -0.15) is 0 Å². The van der Waals surface area contributed by atoms with E-state index in [1.54, 1.807) is 13.8 Å². The number of hydrogen-bond acceptors (Lipinski definition) is 5. The van der Waals surface area contributed by atoms with Gasteiger partial charge in [0.1, 0.15) is 34.6 Å². The first-order valence-electron chi connectivity index (χ1n) is 7.99. The van der Waals surface area contributed by atoms with Crippen molar-refractivity contribution in [2.45, 2.75) is 37.7 Å². The first kappa shape index (κ1) is 17.8. The van der Waals surface area contributed by atoms with E-state index in [2.05, 4.69) is 4.72 Å². The first-order valence-corrected chi connectivity index (χ1v) is 9.47. The molecule has 1 aliphatic rings. The lowest BCUT2D eigenvalue weighted by Crippen LogP contribution is -2.18. The first-order chi connectivity index (χ1) is 11.8. The van der Waals surface area contributed by atoms with Gasteiger partial charge in [-0.15, -0.1) is 0 Å². The third-order valence-electron chi connectivity index (χ3n) is 3.92. The van der Waals surface area contributed by atoms with E-state index >= 15 is 0 Å². The molecule has 1 atom stereocenters. The van der Waals surface area contributed by atoms with Crippen LogP contribution in [0.1, 0.15) is 24.4 Å². The van der Waals surface area contributed by atoms with E-state index in [0.717, 1.165) is 18.9 Å². The van der Waals surface area contributed by atoms with Crippen LogP contribution < -0.4 is 9.46 Å². The van der Waals surface area contributed by atoms with E-state index in [1.807, 2.05) is 0 Å².